The SMILES string of the molecule is CCc1cc(Br)ccc1NC(=O)c1ccc(C#N)cn1. The monoisotopic (exact) mass is 329 g/mol. The van der Waals surface area contributed by atoms with Crippen molar-refractivity contribution < 1.29 is 4.79 Å². The van der Waals surface area contributed by atoms with Crippen LogP contribution in [0.15, 0.2) is 41.0 Å². The Morgan fingerprint density at radius 1 is 1.40 bits per heavy atom. The number of aryl methyl sites for hydroxylation is 1. The number of carbonyl (C=O) groups excluding carboxylic acids is 1. The molecule has 0 aliphatic heterocycles. The summed E-state index contributed by atoms with van der Waals surface area (Å²) < 4.78 is 0.976. The minimum absolute atomic E-state index is 0.286. The zero-order valence-corrected chi connectivity index (χ0v) is 12.4. The molecule has 1 N–H and O–H groups in total. The average molecular weight is 330 g/mol. The minimum atomic E-state index is -0.286. The summed E-state index contributed by atoms with van der Waals surface area (Å²) in [5, 5.41) is 11.5. The van der Waals surface area contributed by atoms with Crippen LogP contribution in [0.2, 0.25) is 0 Å². The van der Waals surface area contributed by atoms with E-state index in [1.54, 1.807) is 12.1 Å². The number of halogens is 1. The molecule has 1 aromatic heterocycles. The van der Waals surface area contributed by atoms with Crippen molar-refractivity contribution in [3.63, 3.8) is 0 Å². The van der Waals surface area contributed by atoms with Crippen LogP contribution < -0.4 is 5.32 Å². The van der Waals surface area contributed by atoms with E-state index in [-0.39, 0.29) is 11.6 Å². The van der Waals surface area contributed by atoms with Crippen molar-refractivity contribution >= 4 is 27.5 Å². The van der Waals surface area contributed by atoms with Crippen LogP contribution in [0.4, 0.5) is 5.69 Å². The lowest BCUT2D eigenvalue weighted by Crippen LogP contribution is -2.14. The summed E-state index contributed by atoms with van der Waals surface area (Å²) in [5.41, 5.74) is 2.53. The van der Waals surface area contributed by atoms with Gasteiger partial charge in [-0.2, -0.15) is 5.26 Å². The van der Waals surface area contributed by atoms with Gasteiger partial charge >= 0.3 is 0 Å². The van der Waals surface area contributed by atoms with E-state index >= 15 is 0 Å². The average Bonchev–Trinajstić information content (AvgIpc) is 2.49. The van der Waals surface area contributed by atoms with Gasteiger partial charge in [0.05, 0.1) is 5.56 Å². The zero-order chi connectivity index (χ0) is 14.5. The number of nitriles is 1. The summed E-state index contributed by atoms with van der Waals surface area (Å²) in [7, 11) is 0. The van der Waals surface area contributed by atoms with Crippen LogP contribution >= 0.6 is 15.9 Å². The first-order chi connectivity index (χ1) is 9.63. The number of carbonyl (C=O) groups is 1. The fourth-order valence-corrected chi connectivity index (χ4v) is 2.17. The number of hydrogen-bond acceptors (Lipinski definition) is 3. The van der Waals surface area contributed by atoms with E-state index in [2.05, 4.69) is 26.2 Å². The highest BCUT2D eigenvalue weighted by atomic mass is 79.9. The Balaban J connectivity index is 2.21. The maximum Gasteiger partial charge on any atom is 0.274 e. The lowest BCUT2D eigenvalue weighted by atomic mass is 10.1. The molecule has 0 aliphatic rings. The van der Waals surface area contributed by atoms with Gasteiger partial charge in [0, 0.05) is 16.4 Å². The lowest BCUT2D eigenvalue weighted by Gasteiger charge is -2.10. The number of nitrogens with zero attached hydrogens (tertiary/aromatic N) is 2. The summed E-state index contributed by atoms with van der Waals surface area (Å²) >= 11 is 3.41. The lowest BCUT2D eigenvalue weighted by molar-refractivity contribution is 0.102. The van der Waals surface area contributed by atoms with Crippen LogP contribution in [-0.4, -0.2) is 10.9 Å². The molecule has 0 aliphatic carbocycles. The number of amides is 1. The third-order valence-corrected chi connectivity index (χ3v) is 3.31. The van der Waals surface area contributed by atoms with Gasteiger partial charge in [-0.1, -0.05) is 22.9 Å². The van der Waals surface area contributed by atoms with Crippen LogP contribution in [0.3, 0.4) is 0 Å². The summed E-state index contributed by atoms with van der Waals surface area (Å²) in [6.45, 7) is 2.03. The molecule has 2 rings (SSSR count). The van der Waals surface area contributed by atoms with Gasteiger partial charge in [-0.25, -0.2) is 4.98 Å². The van der Waals surface area contributed by atoms with Crippen LogP contribution in [0.1, 0.15) is 28.5 Å². The van der Waals surface area contributed by atoms with E-state index in [1.165, 1.54) is 6.20 Å². The minimum Gasteiger partial charge on any atom is -0.320 e. The van der Waals surface area contributed by atoms with Gasteiger partial charge in [-0.15, -0.1) is 0 Å². The molecule has 2 aromatic rings. The molecule has 0 spiro atoms. The Morgan fingerprint density at radius 2 is 2.20 bits per heavy atom. The first-order valence-electron chi connectivity index (χ1n) is 6.10. The molecule has 1 amide bonds. The Hall–Kier alpha value is -2.19. The molecule has 0 fully saturated rings. The standard InChI is InChI=1S/C15H12BrN3O/c1-2-11-7-12(16)4-6-13(11)19-15(20)14-5-3-10(8-17)9-18-14/h3-7,9H,2H2,1H3,(H,19,20). The summed E-state index contributed by atoms with van der Waals surface area (Å²) in [6, 6.07) is 10.8. The van der Waals surface area contributed by atoms with E-state index < -0.39 is 0 Å². The number of pyridine rings is 1. The second kappa shape index (κ2) is 6.31. The maximum absolute atomic E-state index is 12.1. The number of benzene rings is 1. The molecular formula is C15H12BrN3O. The number of aromatic nitrogens is 1. The van der Waals surface area contributed by atoms with Gasteiger partial charge < -0.3 is 5.32 Å². The number of rotatable bonds is 3. The molecular weight excluding hydrogens is 318 g/mol. The number of hydrogen-bond donors (Lipinski definition) is 1. The van der Waals surface area contributed by atoms with Gasteiger partial charge in [0.2, 0.25) is 0 Å². The van der Waals surface area contributed by atoms with E-state index in [1.807, 2.05) is 31.2 Å². The summed E-state index contributed by atoms with van der Waals surface area (Å²) in [4.78, 5) is 16.1. The zero-order valence-electron chi connectivity index (χ0n) is 10.9. The fraction of sp³-hybridized carbons (Fsp3) is 0.133. The van der Waals surface area contributed by atoms with Crippen molar-refractivity contribution in [1.29, 1.82) is 5.26 Å². The number of nitrogens with one attached hydrogen (secondary N) is 1. The maximum atomic E-state index is 12.1. The highest BCUT2D eigenvalue weighted by Crippen LogP contribution is 2.22. The third-order valence-electron chi connectivity index (χ3n) is 2.82. The molecule has 4 nitrogen and oxygen atoms in total. The van der Waals surface area contributed by atoms with Crippen molar-refractivity contribution in [2.24, 2.45) is 0 Å². The molecule has 0 saturated heterocycles. The Kier molecular flexibility index (Phi) is 4.49. The van der Waals surface area contributed by atoms with Crippen LogP contribution in [0.5, 0.6) is 0 Å². The van der Waals surface area contributed by atoms with Crippen LogP contribution in [-0.2, 0) is 6.42 Å². The topological polar surface area (TPSA) is 65.8 Å². The quantitative estimate of drug-likeness (QED) is 0.936. The predicted molar refractivity (Wildman–Crippen MR) is 80.4 cm³/mol. The number of anilines is 1. The molecule has 0 atom stereocenters. The van der Waals surface area contributed by atoms with E-state index in [4.69, 9.17) is 5.26 Å². The molecule has 0 saturated carbocycles. The predicted octanol–water partition coefficient (Wildman–Crippen LogP) is 3.53. The van der Waals surface area contributed by atoms with Crippen molar-refractivity contribution in [3.8, 4) is 6.07 Å². The fourth-order valence-electron chi connectivity index (χ4n) is 1.76. The van der Waals surface area contributed by atoms with Gasteiger partial charge in [0.25, 0.3) is 5.91 Å². The molecule has 0 bridgehead atoms. The largest absolute Gasteiger partial charge is 0.320 e. The van der Waals surface area contributed by atoms with E-state index in [0.29, 0.717) is 5.56 Å². The van der Waals surface area contributed by atoms with E-state index in [0.717, 1.165) is 22.1 Å². The van der Waals surface area contributed by atoms with Gasteiger partial charge in [-0.3, -0.25) is 4.79 Å². The van der Waals surface area contributed by atoms with Crippen molar-refractivity contribution in [1.82, 2.24) is 4.98 Å². The third kappa shape index (κ3) is 3.22. The van der Waals surface area contributed by atoms with Gasteiger partial charge in [0.15, 0.2) is 0 Å². The second-order valence-electron chi connectivity index (χ2n) is 4.15. The summed E-state index contributed by atoms with van der Waals surface area (Å²) in [5.74, 6) is -0.286. The Bertz CT molecular complexity index is 675. The normalized spacial score (nSPS) is 9.85. The highest BCUT2D eigenvalue weighted by molar-refractivity contribution is 9.10. The van der Waals surface area contributed by atoms with Gasteiger partial charge in [0.1, 0.15) is 11.8 Å². The van der Waals surface area contributed by atoms with Crippen molar-refractivity contribution in [2.45, 2.75) is 13.3 Å². The summed E-state index contributed by atoms with van der Waals surface area (Å²) in [6.07, 6.45) is 2.20. The molecule has 100 valence electrons. The van der Waals surface area contributed by atoms with Crippen molar-refractivity contribution in [2.75, 3.05) is 5.32 Å². The molecule has 0 unspecified atom stereocenters. The highest BCUT2D eigenvalue weighted by Gasteiger charge is 2.10. The Morgan fingerprint density at radius 3 is 2.80 bits per heavy atom. The van der Waals surface area contributed by atoms with Crippen molar-refractivity contribution in [3.05, 3.63) is 57.8 Å². The van der Waals surface area contributed by atoms with Crippen LogP contribution in [0, 0.1) is 11.3 Å². The molecule has 1 heterocycles. The smallest absolute Gasteiger partial charge is 0.274 e. The molecule has 20 heavy (non-hydrogen) atoms. The van der Waals surface area contributed by atoms with Gasteiger partial charge in [-0.05, 0) is 42.3 Å². The first kappa shape index (κ1) is 14.2. The molecule has 0 radical (unpaired) electrons. The Labute approximate surface area is 125 Å². The second-order valence-corrected chi connectivity index (χ2v) is 5.07. The van der Waals surface area contributed by atoms with Crippen LogP contribution in [0.25, 0.3) is 0 Å². The first-order valence-corrected chi connectivity index (χ1v) is 6.89. The molecule has 5 heteroatoms. The molecule has 1 aromatic carbocycles. The van der Waals surface area contributed by atoms with E-state index in [9.17, 15) is 4.79 Å².